The fourth-order valence-electron chi connectivity index (χ4n) is 2.19. The van der Waals surface area contributed by atoms with E-state index in [0.29, 0.717) is 17.0 Å². The van der Waals surface area contributed by atoms with Gasteiger partial charge in [-0.05, 0) is 24.8 Å². The third-order valence-electron chi connectivity index (χ3n) is 2.96. The lowest BCUT2D eigenvalue weighted by molar-refractivity contribution is -0.0204. The van der Waals surface area contributed by atoms with Crippen LogP contribution in [0.25, 0.3) is 0 Å². The van der Waals surface area contributed by atoms with Gasteiger partial charge in [-0.25, -0.2) is 9.97 Å². The van der Waals surface area contributed by atoms with Crippen LogP contribution in [0.15, 0.2) is 12.3 Å². The summed E-state index contributed by atoms with van der Waals surface area (Å²) in [5, 5.41) is 3.78. The van der Waals surface area contributed by atoms with Crippen molar-refractivity contribution in [2.45, 2.75) is 38.8 Å². The summed E-state index contributed by atoms with van der Waals surface area (Å²) in [6.07, 6.45) is 4.03. The van der Waals surface area contributed by atoms with Crippen molar-refractivity contribution in [1.29, 1.82) is 0 Å². The average Bonchev–Trinajstić information content (AvgIpc) is 2.29. The molecule has 1 aromatic heterocycles. The molecule has 1 aromatic rings. The van der Waals surface area contributed by atoms with Crippen molar-refractivity contribution in [3.05, 3.63) is 17.4 Å². The molecule has 0 radical (unpaired) electrons. The van der Waals surface area contributed by atoms with Crippen LogP contribution in [0.3, 0.4) is 0 Å². The van der Waals surface area contributed by atoms with Gasteiger partial charge in [0.1, 0.15) is 5.15 Å². The molecule has 0 aromatic carbocycles. The molecule has 2 heterocycles. The molecule has 17 heavy (non-hydrogen) atoms. The van der Waals surface area contributed by atoms with E-state index in [4.69, 9.17) is 16.3 Å². The molecule has 2 atom stereocenters. The quantitative estimate of drug-likeness (QED) is 0.844. The van der Waals surface area contributed by atoms with Crippen molar-refractivity contribution >= 4 is 17.5 Å². The second-order valence-corrected chi connectivity index (χ2v) is 5.06. The predicted molar refractivity (Wildman–Crippen MR) is 68.3 cm³/mol. The van der Waals surface area contributed by atoms with Crippen molar-refractivity contribution in [3.8, 4) is 0 Å². The topological polar surface area (TPSA) is 47.0 Å². The van der Waals surface area contributed by atoms with Crippen molar-refractivity contribution in [2.75, 3.05) is 11.9 Å². The zero-order chi connectivity index (χ0) is 12.3. The van der Waals surface area contributed by atoms with Crippen molar-refractivity contribution in [2.24, 2.45) is 5.92 Å². The third kappa shape index (κ3) is 3.30. The van der Waals surface area contributed by atoms with E-state index >= 15 is 0 Å². The molecule has 94 valence electrons. The molecule has 1 aliphatic rings. The van der Waals surface area contributed by atoms with Gasteiger partial charge in [0.05, 0.1) is 12.1 Å². The van der Waals surface area contributed by atoms with Crippen molar-refractivity contribution in [1.82, 2.24) is 9.97 Å². The minimum absolute atomic E-state index is 0.214. The van der Waals surface area contributed by atoms with Gasteiger partial charge in [-0.1, -0.05) is 25.4 Å². The number of nitrogens with zero attached hydrogens (tertiary/aromatic N) is 2. The number of nitrogens with one attached hydrogen (secondary N) is 1. The largest absolute Gasteiger partial charge is 0.376 e. The van der Waals surface area contributed by atoms with E-state index in [1.807, 2.05) is 0 Å². The summed E-state index contributed by atoms with van der Waals surface area (Å²) in [4.78, 5) is 8.31. The predicted octanol–water partition coefficient (Wildman–Crippen LogP) is 2.75. The van der Waals surface area contributed by atoms with E-state index in [0.717, 1.165) is 19.4 Å². The number of hydrogen-bond acceptors (Lipinski definition) is 4. The molecule has 1 saturated heterocycles. The fraction of sp³-hybridized carbons (Fsp3) is 0.667. The van der Waals surface area contributed by atoms with Gasteiger partial charge < -0.3 is 10.1 Å². The summed E-state index contributed by atoms with van der Waals surface area (Å²) in [7, 11) is 0. The van der Waals surface area contributed by atoms with Crippen LogP contribution in [0.1, 0.15) is 26.7 Å². The molecule has 1 aliphatic heterocycles. The van der Waals surface area contributed by atoms with E-state index in [1.54, 1.807) is 12.3 Å². The van der Waals surface area contributed by atoms with E-state index in [9.17, 15) is 0 Å². The highest BCUT2D eigenvalue weighted by atomic mass is 35.5. The lowest BCUT2D eigenvalue weighted by atomic mass is 9.94. The smallest absolute Gasteiger partial charge is 0.224 e. The van der Waals surface area contributed by atoms with Crippen LogP contribution < -0.4 is 5.32 Å². The van der Waals surface area contributed by atoms with E-state index < -0.39 is 0 Å². The Balaban J connectivity index is 2.05. The van der Waals surface area contributed by atoms with Gasteiger partial charge in [0, 0.05) is 12.8 Å². The Morgan fingerprint density at radius 3 is 3.06 bits per heavy atom. The van der Waals surface area contributed by atoms with Gasteiger partial charge in [0.15, 0.2) is 0 Å². The average molecular weight is 256 g/mol. The van der Waals surface area contributed by atoms with Gasteiger partial charge in [0.2, 0.25) is 5.95 Å². The summed E-state index contributed by atoms with van der Waals surface area (Å²) in [5.41, 5.74) is 0. The zero-order valence-electron chi connectivity index (χ0n) is 10.2. The lowest BCUT2D eigenvalue weighted by Crippen LogP contribution is -2.43. The highest BCUT2D eigenvalue weighted by Crippen LogP contribution is 2.23. The van der Waals surface area contributed by atoms with Crippen LogP contribution in [-0.2, 0) is 4.74 Å². The summed E-state index contributed by atoms with van der Waals surface area (Å²) in [5.74, 6) is 1.06. The van der Waals surface area contributed by atoms with Crippen molar-refractivity contribution in [3.63, 3.8) is 0 Å². The maximum atomic E-state index is 5.84. The second kappa shape index (κ2) is 5.65. The molecule has 2 rings (SSSR count). The number of halogens is 1. The van der Waals surface area contributed by atoms with Crippen LogP contribution in [0.5, 0.6) is 0 Å². The molecule has 0 unspecified atom stereocenters. The van der Waals surface area contributed by atoms with Gasteiger partial charge in [-0.2, -0.15) is 0 Å². The van der Waals surface area contributed by atoms with E-state index in [1.165, 1.54) is 0 Å². The normalized spacial score (nSPS) is 24.9. The molecule has 4 nitrogen and oxygen atoms in total. The highest BCUT2D eigenvalue weighted by molar-refractivity contribution is 6.29. The Morgan fingerprint density at radius 1 is 1.53 bits per heavy atom. The van der Waals surface area contributed by atoms with E-state index in [2.05, 4.69) is 29.1 Å². The first-order valence-electron chi connectivity index (χ1n) is 6.03. The van der Waals surface area contributed by atoms with Crippen LogP contribution in [-0.4, -0.2) is 28.7 Å². The lowest BCUT2D eigenvalue weighted by Gasteiger charge is -2.34. The molecule has 0 bridgehead atoms. The summed E-state index contributed by atoms with van der Waals surface area (Å²) >= 11 is 5.84. The Morgan fingerprint density at radius 2 is 2.35 bits per heavy atom. The maximum Gasteiger partial charge on any atom is 0.224 e. The number of anilines is 1. The minimum atomic E-state index is 0.214. The number of hydrogen-bond donors (Lipinski definition) is 1. The Hall–Kier alpha value is -0.870. The SMILES string of the molecule is CC(C)[C@H]1OCCC[C@H]1Nc1nccc(Cl)n1. The molecule has 5 heteroatoms. The summed E-state index contributed by atoms with van der Waals surface area (Å²) in [6.45, 7) is 5.18. The monoisotopic (exact) mass is 255 g/mol. The summed E-state index contributed by atoms with van der Waals surface area (Å²) < 4.78 is 5.80. The van der Waals surface area contributed by atoms with Gasteiger partial charge in [-0.3, -0.25) is 0 Å². The van der Waals surface area contributed by atoms with Crippen LogP contribution in [0.2, 0.25) is 5.15 Å². The van der Waals surface area contributed by atoms with Crippen LogP contribution in [0, 0.1) is 5.92 Å². The molecular formula is C12H18ClN3O. The van der Waals surface area contributed by atoms with Crippen LogP contribution >= 0.6 is 11.6 Å². The zero-order valence-corrected chi connectivity index (χ0v) is 10.9. The fourth-order valence-corrected chi connectivity index (χ4v) is 2.32. The first kappa shape index (κ1) is 12.6. The number of aromatic nitrogens is 2. The molecular weight excluding hydrogens is 238 g/mol. The number of ether oxygens (including phenoxy) is 1. The Bertz CT molecular complexity index is 373. The molecule has 0 aliphatic carbocycles. The molecule has 1 fully saturated rings. The maximum absolute atomic E-state index is 5.84. The highest BCUT2D eigenvalue weighted by Gasteiger charge is 2.28. The summed E-state index contributed by atoms with van der Waals surface area (Å²) in [6, 6.07) is 1.94. The van der Waals surface area contributed by atoms with Gasteiger partial charge in [-0.15, -0.1) is 0 Å². The second-order valence-electron chi connectivity index (χ2n) is 4.68. The first-order chi connectivity index (χ1) is 8.16. The Labute approximate surface area is 107 Å². The van der Waals surface area contributed by atoms with Crippen molar-refractivity contribution < 1.29 is 4.74 Å². The Kier molecular flexibility index (Phi) is 4.18. The van der Waals surface area contributed by atoms with E-state index in [-0.39, 0.29) is 12.1 Å². The van der Waals surface area contributed by atoms with Crippen LogP contribution in [0.4, 0.5) is 5.95 Å². The number of rotatable bonds is 3. The molecule has 0 saturated carbocycles. The standard InChI is InChI=1S/C12H18ClN3O/c1-8(2)11-9(4-3-7-17-11)15-12-14-6-5-10(13)16-12/h5-6,8-9,11H,3-4,7H2,1-2H3,(H,14,15,16)/t9-,11-/m1/s1. The molecule has 0 spiro atoms. The van der Waals surface area contributed by atoms with Gasteiger partial charge in [0.25, 0.3) is 0 Å². The van der Waals surface area contributed by atoms with Gasteiger partial charge >= 0.3 is 0 Å². The molecule has 1 N–H and O–H groups in total. The minimum Gasteiger partial charge on any atom is -0.376 e. The third-order valence-corrected chi connectivity index (χ3v) is 3.17. The first-order valence-corrected chi connectivity index (χ1v) is 6.41. The molecule has 0 amide bonds.